The Morgan fingerprint density at radius 2 is 1.82 bits per heavy atom. The summed E-state index contributed by atoms with van der Waals surface area (Å²) in [6.07, 6.45) is 8.37. The molecule has 1 fully saturated rings. The fourth-order valence-corrected chi connectivity index (χ4v) is 8.53. The number of aliphatic hydroxyl groups excluding tert-OH is 2. The maximum absolute atomic E-state index is 14.4. The summed E-state index contributed by atoms with van der Waals surface area (Å²) >= 11 is 0. The van der Waals surface area contributed by atoms with Gasteiger partial charge in [-0.25, -0.2) is 4.79 Å². The van der Waals surface area contributed by atoms with Crippen molar-refractivity contribution in [3.8, 4) is 17.2 Å². The van der Waals surface area contributed by atoms with Gasteiger partial charge in [0.2, 0.25) is 11.7 Å². The number of oxime groups is 1. The van der Waals surface area contributed by atoms with Crippen LogP contribution in [0.5, 0.6) is 17.2 Å². The van der Waals surface area contributed by atoms with Gasteiger partial charge in [0.25, 0.3) is 0 Å². The normalized spacial score (nSPS) is 24.5. The lowest BCUT2D eigenvalue weighted by Gasteiger charge is -2.59. The van der Waals surface area contributed by atoms with Crippen molar-refractivity contribution < 1.29 is 43.6 Å². The summed E-state index contributed by atoms with van der Waals surface area (Å²) < 4.78 is 25.4. The van der Waals surface area contributed by atoms with Crippen molar-refractivity contribution in [3.05, 3.63) is 77.9 Å². The average molecular weight is 776 g/mol. The molecule has 12 heteroatoms. The van der Waals surface area contributed by atoms with Gasteiger partial charge >= 0.3 is 6.09 Å². The van der Waals surface area contributed by atoms with Crippen LogP contribution in [0.3, 0.4) is 0 Å². The molecule has 2 aliphatic carbocycles. The lowest BCUT2D eigenvalue weighted by Crippen LogP contribution is -2.69. The second-order valence-electron chi connectivity index (χ2n) is 15.9. The number of nitrogens with zero attached hydrogens (tertiary/aromatic N) is 2. The first-order valence-electron chi connectivity index (χ1n) is 20.0. The van der Waals surface area contributed by atoms with Crippen LogP contribution < -0.4 is 19.5 Å². The van der Waals surface area contributed by atoms with Crippen LogP contribution in [0.2, 0.25) is 0 Å². The third-order valence-corrected chi connectivity index (χ3v) is 11.0. The summed E-state index contributed by atoms with van der Waals surface area (Å²) in [6.45, 7) is 12.4. The van der Waals surface area contributed by atoms with Crippen LogP contribution in [-0.2, 0) is 20.8 Å². The van der Waals surface area contributed by atoms with Gasteiger partial charge in [0.15, 0.2) is 0 Å². The first-order valence-corrected chi connectivity index (χ1v) is 20.0. The second-order valence-corrected chi connectivity index (χ2v) is 15.9. The van der Waals surface area contributed by atoms with E-state index in [4.69, 9.17) is 28.9 Å². The molecule has 0 bridgehead atoms. The highest BCUT2D eigenvalue weighted by molar-refractivity contribution is 6.03. The number of rotatable bonds is 18. The standard InChI is InChI=1S/C44H61N3O9/c1-8-23-53-44-38(47(6)39(50)25-29-15-14-17-31(24-29)52-7)28-36(46-56-43(3,4)5)34-26-30(16-10-12-21-48)33(18-11-13-22-49)40(41(34)44)35-27-32(19-20-37(35)55-44)54-42(51)45-9-2/h8,14-15,17,19-20,24,26-27,30,33,38,40-41,48-49H,1,9-13,16,18,21-23,25,28H2,2-7H3,(H,45,51)/t30-,33+,38-,40+,41+,44+/m0/s1. The molecular formula is C44H61N3O9. The molecule has 1 heterocycles. The van der Waals surface area contributed by atoms with Crippen LogP contribution in [0.4, 0.5) is 4.79 Å². The summed E-state index contributed by atoms with van der Waals surface area (Å²) in [7, 11) is 3.39. The van der Waals surface area contributed by atoms with Gasteiger partial charge in [0, 0.05) is 44.7 Å². The van der Waals surface area contributed by atoms with Crippen molar-refractivity contribution >= 4 is 17.7 Å². The summed E-state index contributed by atoms with van der Waals surface area (Å²) in [5, 5.41) is 27.2. The van der Waals surface area contributed by atoms with Crippen molar-refractivity contribution in [1.82, 2.24) is 10.2 Å². The number of aliphatic hydroxyl groups is 2. The summed E-state index contributed by atoms with van der Waals surface area (Å²) in [6, 6.07) is 12.3. The van der Waals surface area contributed by atoms with E-state index < -0.39 is 29.4 Å². The number of allylic oxidation sites excluding steroid dienone is 1. The maximum Gasteiger partial charge on any atom is 0.412 e. The number of methoxy groups -OCH3 is 1. The molecule has 12 nitrogen and oxygen atoms in total. The van der Waals surface area contributed by atoms with Gasteiger partial charge in [-0.15, -0.1) is 6.58 Å². The van der Waals surface area contributed by atoms with E-state index in [0.717, 1.165) is 42.4 Å². The van der Waals surface area contributed by atoms with Gasteiger partial charge in [0.1, 0.15) is 28.9 Å². The molecule has 0 spiro atoms. The van der Waals surface area contributed by atoms with E-state index in [1.807, 2.05) is 64.1 Å². The van der Waals surface area contributed by atoms with E-state index in [1.54, 1.807) is 31.2 Å². The van der Waals surface area contributed by atoms with Gasteiger partial charge in [-0.3, -0.25) is 4.79 Å². The predicted molar refractivity (Wildman–Crippen MR) is 215 cm³/mol. The molecule has 2 aromatic rings. The van der Waals surface area contributed by atoms with E-state index in [1.165, 1.54) is 0 Å². The highest BCUT2D eigenvalue weighted by atomic mass is 16.7. The highest BCUT2D eigenvalue weighted by Gasteiger charge is 2.65. The van der Waals surface area contributed by atoms with Gasteiger partial charge in [-0.2, -0.15) is 0 Å². The number of carbonyl (C=O) groups excluding carboxylic acids is 2. The lowest BCUT2D eigenvalue weighted by atomic mass is 9.55. The van der Waals surface area contributed by atoms with E-state index >= 15 is 0 Å². The minimum atomic E-state index is -1.38. The molecule has 56 heavy (non-hydrogen) atoms. The topological polar surface area (TPSA) is 148 Å². The Balaban J connectivity index is 1.74. The smallest absolute Gasteiger partial charge is 0.412 e. The van der Waals surface area contributed by atoms with Gasteiger partial charge in [0.05, 0.1) is 31.8 Å². The number of hydrogen-bond acceptors (Lipinski definition) is 10. The summed E-state index contributed by atoms with van der Waals surface area (Å²) in [5.74, 6) is -0.528. The molecule has 0 unspecified atom stereocenters. The zero-order chi connectivity index (χ0) is 40.5. The first kappa shape index (κ1) is 42.7. The molecule has 3 aliphatic rings. The van der Waals surface area contributed by atoms with Crippen molar-refractivity contribution in [2.75, 3.05) is 40.5 Å². The zero-order valence-electron chi connectivity index (χ0n) is 33.9. The number of carbonyl (C=O) groups is 2. The zero-order valence-corrected chi connectivity index (χ0v) is 33.9. The Labute approximate surface area is 331 Å². The van der Waals surface area contributed by atoms with E-state index in [2.05, 4.69) is 18.0 Å². The number of nitrogens with one attached hydrogen (secondary N) is 1. The molecule has 2 aromatic carbocycles. The predicted octanol–water partition coefficient (Wildman–Crippen LogP) is 6.94. The van der Waals surface area contributed by atoms with Crippen molar-refractivity contribution in [2.45, 2.75) is 102 Å². The van der Waals surface area contributed by atoms with Gasteiger partial charge < -0.3 is 44.2 Å². The lowest BCUT2D eigenvalue weighted by molar-refractivity contribution is -0.255. The number of hydrogen-bond donors (Lipinski definition) is 3. The molecule has 6 atom stereocenters. The molecule has 5 rings (SSSR count). The van der Waals surface area contributed by atoms with Crippen molar-refractivity contribution in [1.29, 1.82) is 0 Å². The molecule has 1 saturated carbocycles. The van der Waals surface area contributed by atoms with E-state index in [0.29, 0.717) is 42.3 Å². The SMILES string of the molecule is C=CCO[C@@]12Oc3ccc(OC(=O)NCC)cc3[C@H]3[C@H](CCCCO)[C@@H](CCCCO)C=C(C(=NOC(C)(C)C)C[C@@H]1N(C)C(=O)Cc1cccc(OC)c1)[C@H]32. The Hall–Kier alpha value is -4.39. The molecule has 0 radical (unpaired) electrons. The van der Waals surface area contributed by atoms with Crippen LogP contribution in [0.15, 0.2) is 71.9 Å². The largest absolute Gasteiger partial charge is 0.497 e. The number of likely N-dealkylation sites (N-methyl/N-ethyl adjacent to an activating group) is 1. The quantitative estimate of drug-likeness (QED) is 0.0833. The number of ether oxygens (including phenoxy) is 4. The third-order valence-electron chi connectivity index (χ3n) is 11.0. The minimum absolute atomic E-state index is 0.0318. The van der Waals surface area contributed by atoms with Crippen LogP contribution in [0.25, 0.3) is 0 Å². The average Bonchev–Trinajstić information content (AvgIpc) is 3.17. The second kappa shape index (κ2) is 19.2. The van der Waals surface area contributed by atoms with Gasteiger partial charge in [-0.1, -0.05) is 42.3 Å². The van der Waals surface area contributed by atoms with E-state index in [9.17, 15) is 19.8 Å². The summed E-state index contributed by atoms with van der Waals surface area (Å²) in [5.41, 5.74) is 2.72. The number of unbranched alkanes of at least 4 members (excludes halogenated alkanes) is 2. The van der Waals surface area contributed by atoms with Crippen molar-refractivity contribution in [3.63, 3.8) is 0 Å². The molecule has 3 N–H and O–H groups in total. The number of fused-ring (bicyclic) bond motifs is 2. The Morgan fingerprint density at radius 3 is 2.50 bits per heavy atom. The van der Waals surface area contributed by atoms with E-state index in [-0.39, 0.29) is 56.3 Å². The monoisotopic (exact) mass is 775 g/mol. The third kappa shape index (κ3) is 9.76. The Kier molecular flexibility index (Phi) is 14.6. The summed E-state index contributed by atoms with van der Waals surface area (Å²) in [4.78, 5) is 35.0. The van der Waals surface area contributed by atoms with Crippen LogP contribution in [-0.4, -0.2) is 90.8 Å². The number of amides is 2. The van der Waals surface area contributed by atoms with Crippen molar-refractivity contribution in [2.24, 2.45) is 22.9 Å². The van der Waals surface area contributed by atoms with Crippen LogP contribution >= 0.6 is 0 Å². The Bertz CT molecular complexity index is 1740. The molecular weight excluding hydrogens is 714 g/mol. The Morgan fingerprint density at radius 1 is 1.07 bits per heavy atom. The van der Waals surface area contributed by atoms with Crippen LogP contribution in [0.1, 0.15) is 89.7 Å². The van der Waals surface area contributed by atoms with Gasteiger partial charge in [-0.05, 0) is 107 Å². The fraction of sp³-hybridized carbons (Fsp3) is 0.568. The molecule has 0 saturated heterocycles. The first-order chi connectivity index (χ1) is 26.9. The molecule has 0 aromatic heterocycles. The highest BCUT2D eigenvalue weighted by Crippen LogP contribution is 2.61. The molecule has 1 aliphatic heterocycles. The number of benzene rings is 2. The minimum Gasteiger partial charge on any atom is -0.497 e. The fourth-order valence-electron chi connectivity index (χ4n) is 8.53. The van der Waals surface area contributed by atoms with Crippen LogP contribution in [0, 0.1) is 17.8 Å². The molecule has 2 amide bonds. The maximum atomic E-state index is 14.4. The molecule has 306 valence electrons.